The van der Waals surface area contributed by atoms with Crippen LogP contribution in [0.4, 0.5) is 29.5 Å². The molecule has 0 saturated heterocycles. The van der Waals surface area contributed by atoms with Crippen LogP contribution in [0.2, 0.25) is 0 Å². The highest BCUT2D eigenvalue weighted by Crippen LogP contribution is 2.41. The molecule has 0 saturated carbocycles. The molecular formula is C24H23F3N2O6S. The Morgan fingerprint density at radius 1 is 1.06 bits per heavy atom. The van der Waals surface area contributed by atoms with E-state index < -0.39 is 30.1 Å². The van der Waals surface area contributed by atoms with Crippen LogP contribution in [0, 0.1) is 4.91 Å². The minimum Gasteiger partial charge on any atom is -0.484 e. The van der Waals surface area contributed by atoms with E-state index in [4.69, 9.17) is 18.9 Å². The minimum atomic E-state index is -4.58. The standard InChI is InChI=1S/C24H23F3N2O6S/c1-13(15-7-5-6-8-16(15)24(25,26)27)35-19-12-20(36-21(19)22(30)32-2)28-18-11-14(23(33-3)34-4)9-10-17(18)29-31/h5-13,23,28H,1-4H3. The molecule has 192 valence electrons. The summed E-state index contributed by atoms with van der Waals surface area (Å²) >= 11 is 0.940. The van der Waals surface area contributed by atoms with Crippen molar-refractivity contribution < 1.29 is 36.9 Å². The summed E-state index contributed by atoms with van der Waals surface area (Å²) in [5, 5.41) is 6.36. The molecule has 36 heavy (non-hydrogen) atoms. The summed E-state index contributed by atoms with van der Waals surface area (Å²) in [6, 6.07) is 11.2. The monoisotopic (exact) mass is 524 g/mol. The number of nitrogens with one attached hydrogen (secondary N) is 1. The Hall–Kier alpha value is -3.48. The Balaban J connectivity index is 1.97. The smallest absolute Gasteiger partial charge is 0.416 e. The highest BCUT2D eigenvalue weighted by Gasteiger charge is 2.35. The molecule has 3 rings (SSSR count). The largest absolute Gasteiger partial charge is 0.484 e. The van der Waals surface area contributed by atoms with Gasteiger partial charge in [-0.2, -0.15) is 13.2 Å². The first-order chi connectivity index (χ1) is 17.1. The summed E-state index contributed by atoms with van der Waals surface area (Å²) in [5.74, 6) is -0.720. The van der Waals surface area contributed by atoms with Crippen LogP contribution in [0.1, 0.15) is 45.7 Å². The fourth-order valence-electron chi connectivity index (χ4n) is 3.50. The van der Waals surface area contributed by atoms with Crippen molar-refractivity contribution in [2.45, 2.75) is 25.5 Å². The molecule has 0 radical (unpaired) electrons. The summed E-state index contributed by atoms with van der Waals surface area (Å²) in [5.41, 5.74) is 0.0318. The van der Waals surface area contributed by atoms with Gasteiger partial charge in [0.1, 0.15) is 17.5 Å². The van der Waals surface area contributed by atoms with Gasteiger partial charge in [0.15, 0.2) is 11.2 Å². The molecule has 1 unspecified atom stereocenters. The van der Waals surface area contributed by atoms with E-state index in [2.05, 4.69) is 10.5 Å². The third-order valence-corrected chi connectivity index (χ3v) is 6.17. The lowest BCUT2D eigenvalue weighted by molar-refractivity contribution is -0.139. The molecule has 3 aromatic rings. The molecule has 0 aliphatic heterocycles. The topological polar surface area (TPSA) is 95.5 Å². The number of carbonyl (C=O) groups is 1. The number of hydrogen-bond acceptors (Lipinski definition) is 9. The maximum Gasteiger partial charge on any atom is 0.416 e. The van der Waals surface area contributed by atoms with Gasteiger partial charge in [0.05, 0.1) is 23.4 Å². The molecule has 1 heterocycles. The van der Waals surface area contributed by atoms with Crippen LogP contribution < -0.4 is 10.1 Å². The normalized spacial score (nSPS) is 12.3. The van der Waals surface area contributed by atoms with Crippen LogP contribution in [-0.4, -0.2) is 27.3 Å². The van der Waals surface area contributed by atoms with Crippen molar-refractivity contribution >= 4 is 33.7 Å². The first-order valence-electron chi connectivity index (χ1n) is 10.5. The Bertz CT molecular complexity index is 1230. The molecule has 1 atom stereocenters. The maximum atomic E-state index is 13.5. The molecule has 0 fully saturated rings. The number of anilines is 2. The van der Waals surface area contributed by atoms with Crippen molar-refractivity contribution in [1.29, 1.82) is 0 Å². The summed E-state index contributed by atoms with van der Waals surface area (Å²) in [7, 11) is 4.09. The SMILES string of the molecule is COC(=O)c1sc(Nc2cc(C(OC)OC)ccc2N=O)cc1OC(C)c1ccccc1C(F)(F)F. The number of thiophene rings is 1. The molecule has 0 aliphatic carbocycles. The number of methoxy groups -OCH3 is 3. The number of nitroso groups, excluding NO2 is 1. The number of carbonyl (C=O) groups excluding carboxylic acids is 1. The van der Waals surface area contributed by atoms with E-state index in [9.17, 15) is 22.9 Å². The summed E-state index contributed by atoms with van der Waals surface area (Å²) in [6.07, 6.45) is -6.33. The number of hydrogen-bond donors (Lipinski definition) is 1. The predicted octanol–water partition coefficient (Wildman–Crippen LogP) is 7.13. The van der Waals surface area contributed by atoms with E-state index in [0.717, 1.165) is 17.4 Å². The van der Waals surface area contributed by atoms with E-state index in [1.807, 2.05) is 0 Å². The van der Waals surface area contributed by atoms with E-state index in [1.54, 1.807) is 12.1 Å². The maximum absolute atomic E-state index is 13.5. The fraction of sp³-hybridized carbons (Fsp3) is 0.292. The van der Waals surface area contributed by atoms with Crippen molar-refractivity contribution in [2.75, 3.05) is 26.6 Å². The minimum absolute atomic E-state index is 0.0160. The van der Waals surface area contributed by atoms with Gasteiger partial charge in [0, 0.05) is 31.4 Å². The molecule has 0 aliphatic rings. The highest BCUT2D eigenvalue weighted by molar-refractivity contribution is 7.18. The van der Waals surface area contributed by atoms with E-state index in [-0.39, 0.29) is 21.9 Å². The zero-order valence-corrected chi connectivity index (χ0v) is 20.5. The lowest BCUT2D eigenvalue weighted by Gasteiger charge is -2.19. The average Bonchev–Trinajstić information content (AvgIpc) is 3.25. The lowest BCUT2D eigenvalue weighted by atomic mass is 10.0. The second kappa shape index (κ2) is 11.5. The summed E-state index contributed by atoms with van der Waals surface area (Å²) in [4.78, 5) is 23.8. The Morgan fingerprint density at radius 3 is 2.36 bits per heavy atom. The van der Waals surface area contributed by atoms with Gasteiger partial charge in [0.25, 0.3) is 0 Å². The quantitative estimate of drug-likeness (QED) is 0.171. The predicted molar refractivity (Wildman–Crippen MR) is 128 cm³/mol. The van der Waals surface area contributed by atoms with Gasteiger partial charge in [-0.05, 0) is 30.3 Å². The van der Waals surface area contributed by atoms with Gasteiger partial charge < -0.3 is 24.3 Å². The van der Waals surface area contributed by atoms with Crippen molar-refractivity contribution in [3.8, 4) is 5.75 Å². The van der Waals surface area contributed by atoms with Crippen molar-refractivity contribution in [1.82, 2.24) is 0 Å². The molecule has 2 aromatic carbocycles. The van der Waals surface area contributed by atoms with Crippen LogP contribution in [0.3, 0.4) is 0 Å². The second-order valence-corrected chi connectivity index (χ2v) is 8.49. The van der Waals surface area contributed by atoms with E-state index in [1.165, 1.54) is 58.6 Å². The van der Waals surface area contributed by atoms with Gasteiger partial charge in [0.2, 0.25) is 0 Å². The Labute approximate surface area is 208 Å². The molecule has 1 N–H and O–H groups in total. The number of esters is 1. The third-order valence-electron chi connectivity index (χ3n) is 5.15. The van der Waals surface area contributed by atoms with Crippen molar-refractivity contribution in [3.05, 3.63) is 75.0 Å². The number of halogens is 3. The molecule has 12 heteroatoms. The average molecular weight is 525 g/mol. The number of benzene rings is 2. The first-order valence-corrected chi connectivity index (χ1v) is 11.3. The number of alkyl halides is 3. The van der Waals surface area contributed by atoms with Gasteiger partial charge in [-0.15, -0.1) is 16.2 Å². The fourth-order valence-corrected chi connectivity index (χ4v) is 4.42. The van der Waals surface area contributed by atoms with Crippen molar-refractivity contribution in [2.24, 2.45) is 5.18 Å². The van der Waals surface area contributed by atoms with Crippen LogP contribution in [0.15, 0.2) is 53.7 Å². The molecule has 8 nitrogen and oxygen atoms in total. The van der Waals surface area contributed by atoms with Crippen LogP contribution in [0.25, 0.3) is 0 Å². The second-order valence-electron chi connectivity index (χ2n) is 7.44. The molecule has 0 bridgehead atoms. The molecular weight excluding hydrogens is 501 g/mol. The van der Waals surface area contributed by atoms with Crippen molar-refractivity contribution in [3.63, 3.8) is 0 Å². The van der Waals surface area contributed by atoms with Crippen LogP contribution in [-0.2, 0) is 20.4 Å². The van der Waals surface area contributed by atoms with Gasteiger partial charge in [-0.1, -0.05) is 24.3 Å². The summed E-state index contributed by atoms with van der Waals surface area (Å²) in [6.45, 7) is 1.45. The number of nitrogens with zero attached hydrogens (tertiary/aromatic N) is 1. The lowest BCUT2D eigenvalue weighted by Crippen LogP contribution is -2.14. The number of ether oxygens (including phenoxy) is 4. The molecule has 1 aromatic heterocycles. The zero-order chi connectivity index (χ0) is 26.5. The van der Waals surface area contributed by atoms with E-state index >= 15 is 0 Å². The summed E-state index contributed by atoms with van der Waals surface area (Å²) < 4.78 is 61.5. The van der Waals surface area contributed by atoms with Gasteiger partial charge >= 0.3 is 12.1 Å². The van der Waals surface area contributed by atoms with Gasteiger partial charge in [-0.3, -0.25) is 0 Å². The Kier molecular flexibility index (Phi) is 8.66. The molecule has 0 amide bonds. The Morgan fingerprint density at radius 2 is 1.75 bits per heavy atom. The van der Waals surface area contributed by atoms with Crippen LogP contribution >= 0.6 is 11.3 Å². The third kappa shape index (κ3) is 6.01. The molecule has 0 spiro atoms. The number of rotatable bonds is 10. The van der Waals surface area contributed by atoms with Crippen LogP contribution in [0.5, 0.6) is 5.75 Å². The van der Waals surface area contributed by atoms with E-state index in [0.29, 0.717) is 16.3 Å². The first kappa shape index (κ1) is 27.1. The van der Waals surface area contributed by atoms with Gasteiger partial charge in [-0.25, -0.2) is 4.79 Å². The zero-order valence-electron chi connectivity index (χ0n) is 19.7. The highest BCUT2D eigenvalue weighted by atomic mass is 32.1.